The molecular weight excluding hydrogens is 438 g/mol. The number of hydrogen-bond donors (Lipinski definition) is 5. The number of nitrogens with zero attached hydrogens (tertiary/aromatic N) is 4. The molecule has 1 aliphatic heterocycles. The summed E-state index contributed by atoms with van der Waals surface area (Å²) in [6, 6.07) is 18.3. The fourth-order valence-corrected chi connectivity index (χ4v) is 4.25. The van der Waals surface area contributed by atoms with E-state index in [0.29, 0.717) is 17.0 Å². The quantitative estimate of drug-likeness (QED) is 0.274. The Balaban J connectivity index is 1.51. The van der Waals surface area contributed by atoms with Crippen molar-refractivity contribution in [2.75, 3.05) is 11.9 Å². The number of aliphatic hydroxyl groups excluding tert-OH is 4. The summed E-state index contributed by atoms with van der Waals surface area (Å²) in [7, 11) is 0. The molecule has 5 N–H and O–H groups in total. The van der Waals surface area contributed by atoms with Gasteiger partial charge >= 0.3 is 0 Å². The second kappa shape index (κ2) is 9.45. The van der Waals surface area contributed by atoms with E-state index >= 15 is 0 Å². The summed E-state index contributed by atoms with van der Waals surface area (Å²) >= 11 is 0. The highest BCUT2D eigenvalue weighted by atomic mass is 16.6. The molecule has 5 rings (SSSR count). The second-order valence-electron chi connectivity index (χ2n) is 8.16. The van der Waals surface area contributed by atoms with Gasteiger partial charge in [-0.25, -0.2) is 15.0 Å². The lowest BCUT2D eigenvalue weighted by atomic mass is 9.96. The Morgan fingerprint density at radius 1 is 0.912 bits per heavy atom. The maximum absolute atomic E-state index is 11.2. The number of ether oxygens (including phenoxy) is 1. The van der Waals surface area contributed by atoms with Gasteiger partial charge in [0, 0.05) is 0 Å². The zero-order chi connectivity index (χ0) is 23.7. The van der Waals surface area contributed by atoms with Crippen LogP contribution in [0.1, 0.15) is 29.5 Å². The third kappa shape index (κ3) is 4.02. The number of benzene rings is 2. The van der Waals surface area contributed by atoms with E-state index in [2.05, 4.69) is 20.3 Å². The third-order valence-electron chi connectivity index (χ3n) is 6.06. The van der Waals surface area contributed by atoms with E-state index < -0.39 is 43.3 Å². The Bertz CT molecular complexity index is 1240. The molecule has 4 aromatic rings. The molecule has 0 saturated carbocycles. The second-order valence-corrected chi connectivity index (χ2v) is 8.16. The first-order chi connectivity index (χ1) is 16.6. The van der Waals surface area contributed by atoms with Gasteiger partial charge in [0.25, 0.3) is 0 Å². The van der Waals surface area contributed by atoms with Gasteiger partial charge < -0.3 is 30.5 Å². The first-order valence-corrected chi connectivity index (χ1v) is 10.9. The lowest BCUT2D eigenvalue weighted by molar-refractivity contribution is -0.0511. The lowest BCUT2D eigenvalue weighted by Gasteiger charge is -2.25. The first kappa shape index (κ1) is 22.4. The average molecular weight is 463 g/mol. The zero-order valence-corrected chi connectivity index (χ0v) is 18.1. The summed E-state index contributed by atoms with van der Waals surface area (Å²) in [6.07, 6.45) is -2.48. The summed E-state index contributed by atoms with van der Waals surface area (Å²) in [6.45, 7) is -0.431. The molecule has 34 heavy (non-hydrogen) atoms. The Morgan fingerprint density at radius 2 is 1.59 bits per heavy atom. The van der Waals surface area contributed by atoms with Crippen molar-refractivity contribution in [1.82, 2.24) is 19.5 Å². The number of aliphatic hydroxyl groups is 4. The molecule has 0 bridgehead atoms. The SMILES string of the molecule is OCC1OC(n2cnc3c(N[C@H](c4ccccc4)[C@@H](O)c4ccccc4)ncnc32)C(O)C1O. The smallest absolute Gasteiger partial charge is 0.167 e. The summed E-state index contributed by atoms with van der Waals surface area (Å²) < 4.78 is 7.12. The van der Waals surface area contributed by atoms with Gasteiger partial charge in [0.15, 0.2) is 23.2 Å². The van der Waals surface area contributed by atoms with Crippen LogP contribution in [0.5, 0.6) is 0 Å². The van der Waals surface area contributed by atoms with E-state index in [1.54, 1.807) is 0 Å². The predicted molar refractivity (Wildman–Crippen MR) is 123 cm³/mol. The highest BCUT2D eigenvalue weighted by Gasteiger charge is 2.44. The van der Waals surface area contributed by atoms with Crippen LogP contribution in [0.2, 0.25) is 0 Å². The number of hydrogen-bond acceptors (Lipinski definition) is 9. The molecule has 0 radical (unpaired) electrons. The third-order valence-corrected chi connectivity index (χ3v) is 6.06. The van der Waals surface area contributed by atoms with Crippen LogP contribution in [0, 0.1) is 0 Å². The molecule has 3 heterocycles. The van der Waals surface area contributed by atoms with Gasteiger partial charge in [0.2, 0.25) is 0 Å². The van der Waals surface area contributed by atoms with E-state index in [4.69, 9.17) is 4.74 Å². The van der Waals surface area contributed by atoms with Crippen molar-refractivity contribution in [3.63, 3.8) is 0 Å². The van der Waals surface area contributed by atoms with Gasteiger partial charge in [-0.2, -0.15) is 0 Å². The minimum Gasteiger partial charge on any atom is -0.394 e. The number of imidazole rings is 1. The van der Waals surface area contributed by atoms with Crippen molar-refractivity contribution in [1.29, 1.82) is 0 Å². The molecule has 2 aromatic carbocycles. The van der Waals surface area contributed by atoms with E-state index in [-0.39, 0.29) is 0 Å². The van der Waals surface area contributed by atoms with Gasteiger partial charge in [-0.05, 0) is 11.1 Å². The van der Waals surface area contributed by atoms with Crippen LogP contribution < -0.4 is 5.32 Å². The first-order valence-electron chi connectivity index (χ1n) is 10.9. The molecule has 2 aromatic heterocycles. The van der Waals surface area contributed by atoms with E-state index in [1.807, 2.05) is 60.7 Å². The van der Waals surface area contributed by atoms with Crippen LogP contribution >= 0.6 is 0 Å². The van der Waals surface area contributed by atoms with Crippen molar-refractivity contribution in [2.24, 2.45) is 0 Å². The van der Waals surface area contributed by atoms with Gasteiger partial charge in [-0.15, -0.1) is 0 Å². The Hall–Kier alpha value is -3.41. The minimum absolute atomic E-state index is 0.369. The normalized spacial score (nSPS) is 24.2. The molecule has 0 amide bonds. The Morgan fingerprint density at radius 3 is 2.24 bits per heavy atom. The molecule has 1 saturated heterocycles. The van der Waals surface area contributed by atoms with Crippen LogP contribution in [0.25, 0.3) is 11.2 Å². The Kier molecular flexibility index (Phi) is 6.22. The molecule has 6 atom stereocenters. The highest BCUT2D eigenvalue weighted by molar-refractivity contribution is 5.83. The molecule has 0 aliphatic carbocycles. The summed E-state index contributed by atoms with van der Waals surface area (Å²) in [5, 5.41) is 44.5. The summed E-state index contributed by atoms with van der Waals surface area (Å²) in [5.41, 5.74) is 2.37. The molecule has 1 fully saturated rings. The number of rotatable bonds is 7. The predicted octanol–water partition coefficient (Wildman–Crippen LogP) is 1.32. The number of nitrogens with one attached hydrogen (secondary N) is 1. The van der Waals surface area contributed by atoms with Crippen molar-refractivity contribution in [3.8, 4) is 0 Å². The molecule has 0 spiro atoms. The summed E-state index contributed by atoms with van der Waals surface area (Å²) in [4.78, 5) is 13.1. The van der Waals surface area contributed by atoms with Crippen molar-refractivity contribution >= 4 is 17.0 Å². The highest BCUT2D eigenvalue weighted by Crippen LogP contribution is 2.35. The van der Waals surface area contributed by atoms with Gasteiger partial charge in [-0.3, -0.25) is 4.57 Å². The molecule has 1 aliphatic rings. The lowest BCUT2D eigenvalue weighted by Crippen LogP contribution is -2.33. The molecule has 10 heteroatoms. The zero-order valence-electron chi connectivity index (χ0n) is 18.1. The van der Waals surface area contributed by atoms with E-state index in [9.17, 15) is 20.4 Å². The molecule has 10 nitrogen and oxygen atoms in total. The fraction of sp³-hybridized carbons (Fsp3) is 0.292. The van der Waals surface area contributed by atoms with E-state index in [1.165, 1.54) is 17.2 Å². The average Bonchev–Trinajstić information content (AvgIpc) is 3.44. The van der Waals surface area contributed by atoms with Crippen molar-refractivity contribution in [2.45, 2.75) is 36.7 Å². The number of aromatic nitrogens is 4. The number of fused-ring (bicyclic) bond motifs is 1. The van der Waals surface area contributed by atoms with Crippen LogP contribution in [-0.4, -0.2) is 64.9 Å². The fourth-order valence-electron chi connectivity index (χ4n) is 4.25. The van der Waals surface area contributed by atoms with Gasteiger partial charge in [0.1, 0.15) is 30.7 Å². The van der Waals surface area contributed by atoms with Gasteiger partial charge in [-0.1, -0.05) is 60.7 Å². The topological polar surface area (TPSA) is 146 Å². The minimum atomic E-state index is -1.27. The van der Waals surface area contributed by atoms with Crippen molar-refractivity contribution in [3.05, 3.63) is 84.4 Å². The standard InChI is InChI=1S/C24H25N5O5/c30-11-16-20(32)21(33)24(34-16)29-13-27-18-22(25-12-26-23(18)29)28-17(14-7-3-1-4-8-14)19(31)15-9-5-2-6-10-15/h1-10,12-13,16-17,19-21,24,30-33H,11H2,(H,25,26,28)/t16?,17-,19+,20?,21?,24?/m1/s1. The van der Waals surface area contributed by atoms with Gasteiger partial charge in [0.05, 0.1) is 19.0 Å². The Labute approximate surface area is 195 Å². The summed E-state index contributed by atoms with van der Waals surface area (Å²) in [5.74, 6) is 0.388. The number of anilines is 1. The largest absolute Gasteiger partial charge is 0.394 e. The molecule has 4 unspecified atom stereocenters. The monoisotopic (exact) mass is 463 g/mol. The maximum Gasteiger partial charge on any atom is 0.167 e. The van der Waals surface area contributed by atoms with Crippen LogP contribution in [0.3, 0.4) is 0 Å². The maximum atomic E-state index is 11.2. The van der Waals surface area contributed by atoms with Crippen LogP contribution in [0.4, 0.5) is 5.82 Å². The van der Waals surface area contributed by atoms with Crippen molar-refractivity contribution < 1.29 is 25.2 Å². The molecule has 176 valence electrons. The van der Waals surface area contributed by atoms with Crippen LogP contribution in [-0.2, 0) is 4.74 Å². The van der Waals surface area contributed by atoms with Crippen LogP contribution in [0.15, 0.2) is 73.3 Å². The molecular formula is C24H25N5O5. The van der Waals surface area contributed by atoms with E-state index in [0.717, 1.165) is 11.1 Å².